The number of alkyl halides is 3. The number of carbonyl (C=O) groups excluding carboxylic acids is 1. The van der Waals surface area contributed by atoms with Gasteiger partial charge in [-0.05, 0) is 15.9 Å². The lowest BCUT2D eigenvalue weighted by Crippen LogP contribution is -2.15. The Bertz CT molecular complexity index is 394. The highest BCUT2D eigenvalue weighted by molar-refractivity contribution is 9.10. The SMILES string of the molecule is COC(=O)c1nc(C(F)(F)F)ncc1Br. The second-order valence-electron chi connectivity index (χ2n) is 2.38. The monoisotopic (exact) mass is 284 g/mol. The Balaban J connectivity index is 3.23. The summed E-state index contributed by atoms with van der Waals surface area (Å²) in [4.78, 5) is 17.1. The Labute approximate surface area is 90.6 Å². The van der Waals surface area contributed by atoms with Crippen molar-refractivity contribution < 1.29 is 22.7 Å². The molecule has 1 aromatic rings. The van der Waals surface area contributed by atoms with Gasteiger partial charge >= 0.3 is 12.1 Å². The fourth-order valence-corrected chi connectivity index (χ4v) is 1.10. The van der Waals surface area contributed by atoms with Gasteiger partial charge in [0.15, 0.2) is 5.69 Å². The van der Waals surface area contributed by atoms with Crippen molar-refractivity contribution in [1.29, 1.82) is 0 Å². The molecule has 0 spiro atoms. The zero-order chi connectivity index (χ0) is 11.6. The average Bonchev–Trinajstić information content (AvgIpc) is 2.15. The maximum Gasteiger partial charge on any atom is 0.451 e. The highest BCUT2D eigenvalue weighted by atomic mass is 79.9. The molecular weight excluding hydrogens is 281 g/mol. The predicted octanol–water partition coefficient (Wildman–Crippen LogP) is 2.04. The molecule has 0 saturated heterocycles. The molecule has 0 saturated carbocycles. The van der Waals surface area contributed by atoms with Crippen LogP contribution >= 0.6 is 15.9 Å². The number of carbonyl (C=O) groups is 1. The Hall–Kier alpha value is -1.18. The molecule has 0 unspecified atom stereocenters. The zero-order valence-corrected chi connectivity index (χ0v) is 8.89. The molecule has 0 aliphatic carbocycles. The van der Waals surface area contributed by atoms with Crippen molar-refractivity contribution in [3.8, 4) is 0 Å². The zero-order valence-electron chi connectivity index (χ0n) is 7.30. The topological polar surface area (TPSA) is 52.1 Å². The van der Waals surface area contributed by atoms with Crippen LogP contribution in [0.1, 0.15) is 16.3 Å². The number of rotatable bonds is 1. The average molecular weight is 285 g/mol. The molecule has 0 aliphatic heterocycles. The van der Waals surface area contributed by atoms with Crippen molar-refractivity contribution in [3.63, 3.8) is 0 Å². The molecule has 0 bridgehead atoms. The highest BCUT2D eigenvalue weighted by Gasteiger charge is 2.35. The minimum absolute atomic E-state index is 0.0438. The first-order valence-corrected chi connectivity index (χ1v) is 4.33. The lowest BCUT2D eigenvalue weighted by atomic mass is 10.4. The largest absolute Gasteiger partial charge is 0.464 e. The number of nitrogens with zero attached hydrogens (tertiary/aromatic N) is 2. The van der Waals surface area contributed by atoms with Crippen molar-refractivity contribution in [2.75, 3.05) is 7.11 Å². The van der Waals surface area contributed by atoms with Gasteiger partial charge in [0.1, 0.15) is 0 Å². The second-order valence-corrected chi connectivity index (χ2v) is 3.23. The van der Waals surface area contributed by atoms with Crippen molar-refractivity contribution in [3.05, 3.63) is 22.2 Å². The smallest absolute Gasteiger partial charge is 0.451 e. The summed E-state index contributed by atoms with van der Waals surface area (Å²) in [5.41, 5.74) is -0.458. The number of esters is 1. The van der Waals surface area contributed by atoms with E-state index in [2.05, 4.69) is 30.6 Å². The van der Waals surface area contributed by atoms with Crippen molar-refractivity contribution in [2.45, 2.75) is 6.18 Å². The number of hydrogen-bond acceptors (Lipinski definition) is 4. The molecular formula is C7H4BrF3N2O2. The van der Waals surface area contributed by atoms with E-state index >= 15 is 0 Å². The minimum atomic E-state index is -4.69. The molecule has 0 aliphatic rings. The molecule has 0 amide bonds. The first-order valence-electron chi connectivity index (χ1n) is 3.54. The minimum Gasteiger partial charge on any atom is -0.464 e. The summed E-state index contributed by atoms with van der Waals surface area (Å²) in [7, 11) is 1.05. The van der Waals surface area contributed by atoms with E-state index in [0.29, 0.717) is 0 Å². The van der Waals surface area contributed by atoms with Gasteiger partial charge in [-0.2, -0.15) is 13.2 Å². The van der Waals surface area contributed by atoms with E-state index in [4.69, 9.17) is 0 Å². The van der Waals surface area contributed by atoms with Crippen LogP contribution in [0.5, 0.6) is 0 Å². The van der Waals surface area contributed by atoms with Crippen LogP contribution in [0, 0.1) is 0 Å². The van der Waals surface area contributed by atoms with Gasteiger partial charge in [-0.25, -0.2) is 14.8 Å². The molecule has 0 N–H and O–H groups in total. The van der Waals surface area contributed by atoms with Crippen molar-refractivity contribution >= 4 is 21.9 Å². The Morgan fingerprint density at radius 1 is 1.53 bits per heavy atom. The predicted molar refractivity (Wildman–Crippen MR) is 46.1 cm³/mol. The summed E-state index contributed by atoms with van der Waals surface area (Å²) in [6.45, 7) is 0. The third kappa shape index (κ3) is 2.65. The normalized spacial score (nSPS) is 11.3. The van der Waals surface area contributed by atoms with Gasteiger partial charge in [0.2, 0.25) is 5.82 Å². The molecule has 0 aromatic carbocycles. The molecule has 1 aromatic heterocycles. The van der Waals surface area contributed by atoms with E-state index in [-0.39, 0.29) is 4.47 Å². The van der Waals surface area contributed by atoms with Gasteiger partial charge in [0, 0.05) is 6.20 Å². The maximum atomic E-state index is 12.2. The van der Waals surface area contributed by atoms with E-state index < -0.39 is 23.7 Å². The number of aromatic nitrogens is 2. The number of methoxy groups -OCH3 is 1. The molecule has 0 atom stereocenters. The molecule has 1 heterocycles. The van der Waals surface area contributed by atoms with Crippen LogP contribution in [-0.2, 0) is 10.9 Å². The summed E-state index contributed by atoms with van der Waals surface area (Å²) < 4.78 is 40.8. The highest BCUT2D eigenvalue weighted by Crippen LogP contribution is 2.27. The summed E-state index contributed by atoms with van der Waals surface area (Å²) in [5, 5.41) is 0. The lowest BCUT2D eigenvalue weighted by molar-refractivity contribution is -0.145. The third-order valence-electron chi connectivity index (χ3n) is 1.38. The summed E-state index contributed by atoms with van der Waals surface area (Å²) in [5.74, 6) is -2.35. The Morgan fingerprint density at radius 3 is 2.60 bits per heavy atom. The number of halogens is 4. The molecule has 4 nitrogen and oxygen atoms in total. The fourth-order valence-electron chi connectivity index (χ4n) is 0.744. The van der Waals surface area contributed by atoms with Gasteiger partial charge in [0.25, 0.3) is 0 Å². The van der Waals surface area contributed by atoms with Crippen molar-refractivity contribution in [1.82, 2.24) is 9.97 Å². The Morgan fingerprint density at radius 2 is 2.13 bits per heavy atom. The first-order chi connectivity index (χ1) is 6.86. The third-order valence-corrected chi connectivity index (χ3v) is 1.96. The van der Waals surface area contributed by atoms with Crippen LogP contribution in [0.2, 0.25) is 0 Å². The number of hydrogen-bond donors (Lipinski definition) is 0. The van der Waals surface area contributed by atoms with Crippen molar-refractivity contribution in [2.24, 2.45) is 0 Å². The van der Waals surface area contributed by atoms with E-state index in [0.717, 1.165) is 13.3 Å². The second kappa shape index (κ2) is 4.13. The molecule has 0 radical (unpaired) electrons. The quantitative estimate of drug-likeness (QED) is 0.741. The first kappa shape index (κ1) is 11.9. The summed E-state index contributed by atoms with van der Waals surface area (Å²) in [6.07, 6.45) is -3.84. The van der Waals surface area contributed by atoms with Gasteiger partial charge < -0.3 is 4.74 Å². The van der Waals surface area contributed by atoms with E-state index in [9.17, 15) is 18.0 Å². The van der Waals surface area contributed by atoms with E-state index in [1.54, 1.807) is 0 Å². The lowest BCUT2D eigenvalue weighted by Gasteiger charge is -2.06. The summed E-state index contributed by atoms with van der Waals surface area (Å²) in [6, 6.07) is 0. The van der Waals surface area contributed by atoms with E-state index in [1.807, 2.05) is 0 Å². The van der Waals surface area contributed by atoms with E-state index in [1.165, 1.54) is 0 Å². The van der Waals surface area contributed by atoms with Gasteiger partial charge in [-0.3, -0.25) is 0 Å². The standard InChI is InChI=1S/C7H4BrF3N2O2/c1-15-5(14)4-3(8)2-12-6(13-4)7(9,10)11/h2H,1H3. The van der Waals surface area contributed by atoms with Crippen LogP contribution in [0.25, 0.3) is 0 Å². The van der Waals surface area contributed by atoms with Crippen LogP contribution < -0.4 is 0 Å². The molecule has 82 valence electrons. The fraction of sp³-hybridized carbons (Fsp3) is 0.286. The molecule has 8 heteroatoms. The van der Waals surface area contributed by atoms with Crippen LogP contribution in [0.4, 0.5) is 13.2 Å². The van der Waals surface area contributed by atoms with Crippen LogP contribution in [-0.4, -0.2) is 23.0 Å². The van der Waals surface area contributed by atoms with Crippen LogP contribution in [0.3, 0.4) is 0 Å². The van der Waals surface area contributed by atoms with Crippen LogP contribution in [0.15, 0.2) is 10.7 Å². The van der Waals surface area contributed by atoms with Gasteiger partial charge in [-0.1, -0.05) is 0 Å². The van der Waals surface area contributed by atoms with Gasteiger partial charge in [0.05, 0.1) is 11.6 Å². The molecule has 15 heavy (non-hydrogen) atoms. The number of ether oxygens (including phenoxy) is 1. The molecule has 1 rings (SSSR count). The molecule has 0 fully saturated rings. The Kier molecular flexibility index (Phi) is 3.28. The summed E-state index contributed by atoms with van der Waals surface area (Å²) >= 11 is 2.85. The van der Waals surface area contributed by atoms with Gasteiger partial charge in [-0.15, -0.1) is 0 Å². The maximum absolute atomic E-state index is 12.2.